The summed E-state index contributed by atoms with van der Waals surface area (Å²) >= 11 is 0. The Balaban J connectivity index is 1.72. The third-order valence-electron chi connectivity index (χ3n) is 3.64. The van der Waals surface area contributed by atoms with Crippen LogP contribution < -0.4 is 5.32 Å². The normalized spacial score (nSPS) is 12.1. The van der Waals surface area contributed by atoms with Gasteiger partial charge in [-0.25, -0.2) is 4.39 Å². The molecule has 3 aromatic rings. The highest BCUT2D eigenvalue weighted by Crippen LogP contribution is 2.18. The highest BCUT2D eigenvalue weighted by molar-refractivity contribution is 6.06. The van der Waals surface area contributed by atoms with Crippen LogP contribution in [0.15, 0.2) is 60.9 Å². The molecule has 23 heavy (non-hydrogen) atoms. The van der Waals surface area contributed by atoms with Crippen molar-refractivity contribution < 1.29 is 14.3 Å². The number of halogens is 1. The van der Waals surface area contributed by atoms with Gasteiger partial charge in [-0.1, -0.05) is 24.3 Å². The van der Waals surface area contributed by atoms with Crippen molar-refractivity contribution in [3.05, 3.63) is 77.9 Å². The smallest absolute Gasteiger partial charge is 0.252 e. The second-order valence-corrected chi connectivity index (χ2v) is 5.18. The number of rotatable bonds is 4. The zero-order valence-electron chi connectivity index (χ0n) is 12.2. The lowest BCUT2D eigenvalue weighted by molar-refractivity contribution is 0.0918. The minimum absolute atomic E-state index is 0.0428. The molecule has 0 fully saturated rings. The van der Waals surface area contributed by atoms with Crippen molar-refractivity contribution in [2.24, 2.45) is 0 Å². The number of aromatic nitrogens is 1. The number of hydrogen-bond donors (Lipinski definition) is 2. The Morgan fingerprint density at radius 1 is 1.17 bits per heavy atom. The first kappa shape index (κ1) is 15.1. The van der Waals surface area contributed by atoms with E-state index in [2.05, 4.69) is 10.3 Å². The lowest BCUT2D eigenvalue weighted by atomic mass is 10.1. The van der Waals surface area contributed by atoms with Gasteiger partial charge in [0.25, 0.3) is 5.91 Å². The Labute approximate surface area is 132 Å². The Morgan fingerprint density at radius 3 is 2.74 bits per heavy atom. The average molecular weight is 310 g/mol. The van der Waals surface area contributed by atoms with Gasteiger partial charge in [-0.2, -0.15) is 0 Å². The van der Waals surface area contributed by atoms with E-state index >= 15 is 0 Å². The van der Waals surface area contributed by atoms with Crippen LogP contribution in [0, 0.1) is 5.82 Å². The van der Waals surface area contributed by atoms with E-state index in [1.807, 2.05) is 12.1 Å². The summed E-state index contributed by atoms with van der Waals surface area (Å²) in [5, 5.41) is 14.4. The predicted molar refractivity (Wildman–Crippen MR) is 85.4 cm³/mol. The summed E-state index contributed by atoms with van der Waals surface area (Å²) in [4.78, 5) is 16.4. The van der Waals surface area contributed by atoms with Crippen molar-refractivity contribution in [3.63, 3.8) is 0 Å². The van der Waals surface area contributed by atoms with Crippen LogP contribution in [-0.4, -0.2) is 22.5 Å². The number of pyridine rings is 1. The minimum Gasteiger partial charge on any atom is -0.387 e. The lowest BCUT2D eigenvalue weighted by Crippen LogP contribution is -2.28. The van der Waals surface area contributed by atoms with E-state index in [9.17, 15) is 14.3 Å². The first-order valence-electron chi connectivity index (χ1n) is 7.19. The van der Waals surface area contributed by atoms with Crippen molar-refractivity contribution in [1.82, 2.24) is 10.3 Å². The number of nitrogens with zero attached hydrogens (tertiary/aromatic N) is 1. The second kappa shape index (κ2) is 6.54. The number of carbonyl (C=O) groups excluding carboxylic acids is 1. The van der Waals surface area contributed by atoms with Crippen LogP contribution in [0.4, 0.5) is 4.39 Å². The quantitative estimate of drug-likeness (QED) is 0.779. The first-order chi connectivity index (χ1) is 11.1. The summed E-state index contributed by atoms with van der Waals surface area (Å²) in [7, 11) is 0. The molecule has 1 heterocycles. The molecule has 116 valence electrons. The van der Waals surface area contributed by atoms with Gasteiger partial charge in [-0.3, -0.25) is 9.78 Å². The molecule has 0 spiro atoms. The molecule has 0 aliphatic rings. The third-order valence-corrected chi connectivity index (χ3v) is 3.64. The van der Waals surface area contributed by atoms with Crippen LogP contribution in [0.1, 0.15) is 22.0 Å². The fraction of sp³-hybridized carbons (Fsp3) is 0.111. The number of aliphatic hydroxyl groups excluding tert-OH is 1. The number of nitrogens with one attached hydrogen (secondary N) is 1. The average Bonchev–Trinajstić information content (AvgIpc) is 2.59. The predicted octanol–water partition coefficient (Wildman–Crippen LogP) is 2.84. The maximum atomic E-state index is 12.9. The number of fused-ring (bicyclic) bond motifs is 1. The summed E-state index contributed by atoms with van der Waals surface area (Å²) in [6, 6.07) is 12.8. The van der Waals surface area contributed by atoms with Gasteiger partial charge >= 0.3 is 0 Å². The van der Waals surface area contributed by atoms with Gasteiger partial charge in [0.15, 0.2) is 0 Å². The Hall–Kier alpha value is -2.79. The molecule has 0 aliphatic heterocycles. The maximum absolute atomic E-state index is 12.9. The number of amides is 1. The Morgan fingerprint density at radius 2 is 1.96 bits per heavy atom. The summed E-state index contributed by atoms with van der Waals surface area (Å²) in [5.74, 6) is -0.655. The summed E-state index contributed by atoms with van der Waals surface area (Å²) in [5.41, 5.74) is 1.05. The van der Waals surface area contributed by atoms with Gasteiger partial charge < -0.3 is 10.4 Å². The molecule has 1 atom stereocenters. The topological polar surface area (TPSA) is 62.2 Å². The van der Waals surface area contributed by atoms with Gasteiger partial charge in [0.2, 0.25) is 0 Å². The van der Waals surface area contributed by atoms with E-state index in [0.717, 1.165) is 10.8 Å². The van der Waals surface area contributed by atoms with E-state index in [1.165, 1.54) is 24.3 Å². The molecule has 0 radical (unpaired) electrons. The van der Waals surface area contributed by atoms with Crippen molar-refractivity contribution in [3.8, 4) is 0 Å². The molecule has 0 bridgehead atoms. The molecular weight excluding hydrogens is 295 g/mol. The van der Waals surface area contributed by atoms with Crippen molar-refractivity contribution >= 4 is 16.7 Å². The van der Waals surface area contributed by atoms with Crippen LogP contribution in [0.25, 0.3) is 10.8 Å². The molecule has 1 unspecified atom stereocenters. The largest absolute Gasteiger partial charge is 0.387 e. The minimum atomic E-state index is -0.896. The first-order valence-corrected chi connectivity index (χ1v) is 7.19. The van der Waals surface area contributed by atoms with E-state index in [-0.39, 0.29) is 18.3 Å². The van der Waals surface area contributed by atoms with E-state index < -0.39 is 6.10 Å². The fourth-order valence-electron chi connectivity index (χ4n) is 2.40. The zero-order chi connectivity index (χ0) is 16.2. The molecule has 2 N–H and O–H groups in total. The van der Waals surface area contributed by atoms with Crippen LogP contribution >= 0.6 is 0 Å². The number of carbonyl (C=O) groups is 1. The van der Waals surface area contributed by atoms with Gasteiger partial charge in [-0.05, 0) is 35.2 Å². The Bertz CT molecular complexity index is 829. The number of benzene rings is 2. The summed E-state index contributed by atoms with van der Waals surface area (Å²) in [6.45, 7) is 0.0428. The molecular formula is C18H15FN2O2. The van der Waals surface area contributed by atoms with Crippen LogP contribution in [0.5, 0.6) is 0 Å². The molecule has 1 aromatic heterocycles. The van der Waals surface area contributed by atoms with Crippen molar-refractivity contribution in [1.29, 1.82) is 0 Å². The zero-order valence-corrected chi connectivity index (χ0v) is 12.2. The third kappa shape index (κ3) is 3.35. The van der Waals surface area contributed by atoms with Gasteiger partial charge in [-0.15, -0.1) is 0 Å². The molecule has 5 heteroatoms. The maximum Gasteiger partial charge on any atom is 0.252 e. The molecule has 0 saturated carbocycles. The van der Waals surface area contributed by atoms with E-state index in [4.69, 9.17) is 0 Å². The van der Waals surface area contributed by atoms with E-state index in [0.29, 0.717) is 11.1 Å². The van der Waals surface area contributed by atoms with Gasteiger partial charge in [0.1, 0.15) is 5.82 Å². The van der Waals surface area contributed by atoms with E-state index in [1.54, 1.807) is 24.5 Å². The standard InChI is InChI=1S/C18H15FN2O2/c19-14-6-4-13(5-7-14)17(22)11-21-18(23)15-3-1-2-12-8-9-20-10-16(12)15/h1-10,17,22H,11H2,(H,21,23). The van der Waals surface area contributed by atoms with Crippen molar-refractivity contribution in [2.45, 2.75) is 6.10 Å². The Kier molecular flexibility index (Phi) is 4.30. The SMILES string of the molecule is O=C(NCC(O)c1ccc(F)cc1)c1cccc2ccncc12. The second-order valence-electron chi connectivity index (χ2n) is 5.18. The van der Waals surface area contributed by atoms with Crippen LogP contribution in [-0.2, 0) is 0 Å². The highest BCUT2D eigenvalue weighted by Gasteiger charge is 2.13. The highest BCUT2D eigenvalue weighted by atomic mass is 19.1. The molecule has 3 rings (SSSR count). The summed E-state index contributed by atoms with van der Waals surface area (Å²) in [6.07, 6.45) is 2.41. The number of aliphatic hydroxyl groups is 1. The van der Waals surface area contributed by atoms with Crippen LogP contribution in [0.2, 0.25) is 0 Å². The molecule has 1 amide bonds. The summed E-state index contributed by atoms with van der Waals surface area (Å²) < 4.78 is 12.9. The molecule has 2 aromatic carbocycles. The molecule has 0 aliphatic carbocycles. The molecule has 0 saturated heterocycles. The van der Waals surface area contributed by atoms with Crippen molar-refractivity contribution in [2.75, 3.05) is 6.54 Å². The van der Waals surface area contributed by atoms with Gasteiger partial charge in [0.05, 0.1) is 6.10 Å². The van der Waals surface area contributed by atoms with Crippen LogP contribution in [0.3, 0.4) is 0 Å². The monoisotopic (exact) mass is 310 g/mol. The lowest BCUT2D eigenvalue weighted by Gasteiger charge is -2.13. The molecule has 4 nitrogen and oxygen atoms in total. The fourth-order valence-corrected chi connectivity index (χ4v) is 2.40. The number of hydrogen-bond acceptors (Lipinski definition) is 3. The van der Waals surface area contributed by atoms with Gasteiger partial charge in [0, 0.05) is 29.9 Å².